The van der Waals surface area contributed by atoms with Gasteiger partial charge in [-0.15, -0.1) is 0 Å². The van der Waals surface area contributed by atoms with E-state index in [0.29, 0.717) is 6.42 Å². The molecule has 0 bridgehead atoms. The van der Waals surface area contributed by atoms with Crippen LogP contribution in [-0.2, 0) is 19.1 Å². The molecule has 0 aromatic rings. The normalized spacial score (nSPS) is 12.2. The number of unbranched alkanes of at least 4 members (excludes halogenated alkanes) is 11. The van der Waals surface area contributed by atoms with Crippen LogP contribution in [0.5, 0.6) is 0 Å². The van der Waals surface area contributed by atoms with Gasteiger partial charge in [0, 0.05) is 13.3 Å². The van der Waals surface area contributed by atoms with Crippen LogP contribution >= 0.6 is 0 Å². The molecule has 5 heteroatoms. The minimum absolute atomic E-state index is 0.0878. The number of carbonyl (C=O) groups excluding carboxylic acids is 2. The fourth-order valence-electron chi connectivity index (χ4n) is 3.17. The highest BCUT2D eigenvalue weighted by Crippen LogP contribution is 2.14. The molecule has 0 unspecified atom stereocenters. The van der Waals surface area contributed by atoms with Crippen molar-refractivity contribution >= 4 is 11.9 Å². The topological polar surface area (TPSA) is 72.8 Å². The summed E-state index contributed by atoms with van der Waals surface area (Å²) in [6, 6.07) is 0. The van der Waals surface area contributed by atoms with E-state index in [-0.39, 0.29) is 19.2 Å². The van der Waals surface area contributed by atoms with Crippen LogP contribution in [0.4, 0.5) is 0 Å². The second kappa shape index (κ2) is 19.2. The highest BCUT2D eigenvalue weighted by atomic mass is 16.6. The first-order valence-electron chi connectivity index (χ1n) is 11.4. The van der Waals surface area contributed by atoms with Gasteiger partial charge in [0.1, 0.15) is 6.61 Å². The fraction of sp³-hybridized carbons (Fsp3) is 0.913. The molecule has 5 nitrogen and oxygen atoms in total. The first-order chi connectivity index (χ1) is 13.5. The lowest BCUT2D eigenvalue weighted by molar-refractivity contribution is -0.160. The molecule has 0 aliphatic heterocycles. The summed E-state index contributed by atoms with van der Waals surface area (Å²) < 4.78 is 9.85. The molecule has 0 fully saturated rings. The average molecular weight is 401 g/mol. The van der Waals surface area contributed by atoms with E-state index in [9.17, 15) is 9.59 Å². The van der Waals surface area contributed by atoms with Crippen molar-refractivity contribution in [1.29, 1.82) is 0 Å². The summed E-state index contributed by atoms with van der Waals surface area (Å²) in [6.45, 7) is 5.45. The summed E-state index contributed by atoms with van der Waals surface area (Å²) in [7, 11) is 0. The number of carbonyl (C=O) groups is 2. The smallest absolute Gasteiger partial charge is 0.306 e. The molecule has 1 atom stereocenters. The summed E-state index contributed by atoms with van der Waals surface area (Å²) >= 11 is 0. The summed E-state index contributed by atoms with van der Waals surface area (Å²) in [4.78, 5) is 22.5. The Morgan fingerprint density at radius 3 is 1.68 bits per heavy atom. The molecule has 0 aliphatic carbocycles. The van der Waals surface area contributed by atoms with Crippen molar-refractivity contribution in [3.8, 4) is 0 Å². The SMILES string of the molecule is CC(=O)OC[C@@H](CO)OC(=O)CCCCCCCCCCCCCCC(C)C. The van der Waals surface area contributed by atoms with Crippen LogP contribution in [0.1, 0.15) is 111 Å². The third-order valence-corrected chi connectivity index (χ3v) is 4.89. The quantitative estimate of drug-likeness (QED) is 0.227. The van der Waals surface area contributed by atoms with E-state index in [1.165, 1.54) is 71.1 Å². The summed E-state index contributed by atoms with van der Waals surface area (Å²) in [5.74, 6) is 0.0613. The van der Waals surface area contributed by atoms with Crippen LogP contribution in [0.15, 0.2) is 0 Å². The van der Waals surface area contributed by atoms with Crippen molar-refractivity contribution in [1.82, 2.24) is 0 Å². The Morgan fingerprint density at radius 2 is 1.25 bits per heavy atom. The van der Waals surface area contributed by atoms with Gasteiger partial charge in [-0.05, 0) is 12.3 Å². The number of hydrogen-bond acceptors (Lipinski definition) is 5. The van der Waals surface area contributed by atoms with Gasteiger partial charge in [0.05, 0.1) is 6.61 Å². The fourth-order valence-corrected chi connectivity index (χ4v) is 3.17. The molecule has 0 aromatic heterocycles. The average Bonchev–Trinajstić information content (AvgIpc) is 2.64. The standard InChI is InChI=1S/C23H44O5/c1-20(2)16-14-12-10-8-6-4-5-7-9-11-13-15-17-23(26)28-22(18-24)19-27-21(3)25/h20,22,24H,4-19H2,1-3H3/t22-/m1/s1. The molecule has 0 spiro atoms. The molecule has 0 saturated heterocycles. The van der Waals surface area contributed by atoms with E-state index in [2.05, 4.69) is 13.8 Å². The van der Waals surface area contributed by atoms with Gasteiger partial charge >= 0.3 is 11.9 Å². The molecular weight excluding hydrogens is 356 g/mol. The largest absolute Gasteiger partial charge is 0.462 e. The van der Waals surface area contributed by atoms with Crippen LogP contribution in [0.3, 0.4) is 0 Å². The number of ether oxygens (including phenoxy) is 2. The molecule has 0 amide bonds. The van der Waals surface area contributed by atoms with Crippen molar-refractivity contribution in [3.05, 3.63) is 0 Å². The highest BCUT2D eigenvalue weighted by Gasteiger charge is 2.14. The van der Waals surface area contributed by atoms with Crippen molar-refractivity contribution in [2.45, 2.75) is 117 Å². The first kappa shape index (κ1) is 26.9. The van der Waals surface area contributed by atoms with Gasteiger partial charge in [0.25, 0.3) is 0 Å². The van der Waals surface area contributed by atoms with Gasteiger partial charge in [0.15, 0.2) is 6.10 Å². The van der Waals surface area contributed by atoms with Gasteiger partial charge in [-0.1, -0.05) is 90.9 Å². The van der Waals surface area contributed by atoms with Crippen molar-refractivity contribution < 1.29 is 24.2 Å². The third kappa shape index (κ3) is 19.7. The summed E-state index contributed by atoms with van der Waals surface area (Å²) in [5, 5.41) is 9.12. The Kier molecular flexibility index (Phi) is 18.5. The number of rotatable bonds is 19. The van der Waals surface area contributed by atoms with Gasteiger partial charge in [-0.3, -0.25) is 9.59 Å². The minimum Gasteiger partial charge on any atom is -0.462 e. The second-order valence-corrected chi connectivity index (χ2v) is 8.27. The zero-order valence-corrected chi connectivity index (χ0v) is 18.5. The first-order valence-corrected chi connectivity index (χ1v) is 11.4. The van der Waals surface area contributed by atoms with Gasteiger partial charge in [-0.25, -0.2) is 0 Å². The Bertz CT molecular complexity index is 381. The van der Waals surface area contributed by atoms with Crippen LogP contribution in [0, 0.1) is 5.92 Å². The predicted molar refractivity (Wildman–Crippen MR) is 113 cm³/mol. The minimum atomic E-state index is -0.758. The molecule has 0 aromatic carbocycles. The Morgan fingerprint density at radius 1 is 0.786 bits per heavy atom. The van der Waals surface area contributed by atoms with E-state index < -0.39 is 12.1 Å². The lowest BCUT2D eigenvalue weighted by atomic mass is 10.0. The molecule has 1 N–H and O–H groups in total. The van der Waals surface area contributed by atoms with Crippen molar-refractivity contribution in [2.24, 2.45) is 5.92 Å². The van der Waals surface area contributed by atoms with E-state index in [4.69, 9.17) is 14.6 Å². The van der Waals surface area contributed by atoms with Crippen molar-refractivity contribution in [3.63, 3.8) is 0 Å². The maximum Gasteiger partial charge on any atom is 0.306 e. The number of hydrogen-bond donors (Lipinski definition) is 1. The molecule has 0 saturated carbocycles. The van der Waals surface area contributed by atoms with E-state index in [1.54, 1.807) is 0 Å². The molecule has 0 aliphatic rings. The second-order valence-electron chi connectivity index (χ2n) is 8.27. The van der Waals surface area contributed by atoms with Gasteiger partial charge in [-0.2, -0.15) is 0 Å². The zero-order valence-electron chi connectivity index (χ0n) is 18.5. The molecule has 0 heterocycles. The third-order valence-electron chi connectivity index (χ3n) is 4.89. The zero-order chi connectivity index (χ0) is 21.0. The van der Waals surface area contributed by atoms with E-state index in [0.717, 1.165) is 25.2 Å². The predicted octanol–water partition coefficient (Wildman–Crippen LogP) is 5.57. The summed E-state index contributed by atoms with van der Waals surface area (Å²) in [6.07, 6.45) is 16.1. The molecule has 0 radical (unpaired) electrons. The maximum absolute atomic E-state index is 11.7. The number of aliphatic hydroxyl groups is 1. The maximum atomic E-state index is 11.7. The van der Waals surface area contributed by atoms with Crippen LogP contribution in [-0.4, -0.2) is 36.4 Å². The lowest BCUT2D eigenvalue weighted by Crippen LogP contribution is -2.28. The number of esters is 2. The Balaban J connectivity index is 3.36. The molecule has 28 heavy (non-hydrogen) atoms. The van der Waals surface area contributed by atoms with Gasteiger partial charge in [0.2, 0.25) is 0 Å². The monoisotopic (exact) mass is 400 g/mol. The molecular formula is C23H44O5. The Hall–Kier alpha value is -1.10. The number of aliphatic hydroxyl groups excluding tert-OH is 1. The van der Waals surface area contributed by atoms with E-state index in [1.807, 2.05) is 0 Å². The van der Waals surface area contributed by atoms with Crippen LogP contribution in [0.25, 0.3) is 0 Å². The van der Waals surface area contributed by atoms with E-state index >= 15 is 0 Å². The van der Waals surface area contributed by atoms with Crippen LogP contribution in [0.2, 0.25) is 0 Å². The highest BCUT2D eigenvalue weighted by molar-refractivity contribution is 5.69. The van der Waals surface area contributed by atoms with Gasteiger partial charge < -0.3 is 14.6 Å². The Labute approximate surface area is 172 Å². The lowest BCUT2D eigenvalue weighted by Gasteiger charge is -2.15. The van der Waals surface area contributed by atoms with Crippen molar-refractivity contribution in [2.75, 3.05) is 13.2 Å². The molecule has 166 valence electrons. The summed E-state index contributed by atoms with van der Waals surface area (Å²) in [5.41, 5.74) is 0. The van der Waals surface area contributed by atoms with Crippen LogP contribution < -0.4 is 0 Å². The molecule has 0 rings (SSSR count).